The molecule has 0 saturated carbocycles. The molecule has 0 amide bonds. The summed E-state index contributed by atoms with van der Waals surface area (Å²) in [4.78, 5) is 0. The van der Waals surface area contributed by atoms with Crippen LogP contribution in [0, 0.1) is 25.2 Å². The number of nitrogens with zero attached hydrogens (tertiary/aromatic N) is 1. The summed E-state index contributed by atoms with van der Waals surface area (Å²) in [6, 6.07) is 25.0. The van der Waals surface area contributed by atoms with Gasteiger partial charge >= 0.3 is 0 Å². The molecule has 0 bridgehead atoms. The van der Waals surface area contributed by atoms with Crippen LogP contribution < -0.4 is 0 Å². The summed E-state index contributed by atoms with van der Waals surface area (Å²) in [6.45, 7) is 4.77. The van der Waals surface area contributed by atoms with E-state index in [1.165, 1.54) is 16.7 Å². The summed E-state index contributed by atoms with van der Waals surface area (Å²) in [5.41, 5.74) is 8.62. The molecule has 0 aromatic heterocycles. The van der Waals surface area contributed by atoms with Gasteiger partial charge in [0.1, 0.15) is 6.10 Å². The lowest BCUT2D eigenvalue weighted by atomic mass is 9.90. The highest BCUT2D eigenvalue weighted by atomic mass is 31.1. The van der Waals surface area contributed by atoms with E-state index >= 15 is 0 Å². The van der Waals surface area contributed by atoms with E-state index in [2.05, 4.69) is 74.3 Å². The first-order chi connectivity index (χ1) is 15.2. The van der Waals surface area contributed by atoms with E-state index in [4.69, 9.17) is 4.74 Å². The molecule has 3 aromatic carbocycles. The summed E-state index contributed by atoms with van der Waals surface area (Å²) in [7, 11) is 0.774. The predicted octanol–water partition coefficient (Wildman–Crippen LogP) is 7.23. The van der Waals surface area contributed by atoms with Crippen molar-refractivity contribution in [3.63, 3.8) is 0 Å². The van der Waals surface area contributed by atoms with E-state index in [-0.39, 0.29) is 6.10 Å². The summed E-state index contributed by atoms with van der Waals surface area (Å²) in [6.07, 6.45) is 5.33. The maximum absolute atomic E-state index is 9.77. The standard InChI is InChI=1S/C28H26NOP/c1-20-8-6-12-26(21(20)2)27-16-23(13-14-24(27)17-29)28(25-11-7-15-31-19-25)30-18-22-9-4-3-5-10-22/h3-14,16,19,28,31H,15,18H2,1-2H3. The molecule has 4 rings (SSSR count). The Morgan fingerprint density at radius 2 is 1.84 bits per heavy atom. The molecule has 1 heterocycles. The van der Waals surface area contributed by atoms with Crippen molar-refractivity contribution in [2.24, 2.45) is 0 Å². The highest BCUT2D eigenvalue weighted by molar-refractivity contribution is 7.42. The zero-order valence-electron chi connectivity index (χ0n) is 17.9. The van der Waals surface area contributed by atoms with Crippen LogP contribution in [-0.4, -0.2) is 6.16 Å². The third-order valence-corrected chi connectivity index (χ3v) is 6.75. The fraction of sp³-hybridized carbons (Fsp3) is 0.179. The number of allylic oxidation sites excluding steroid dienone is 1. The normalized spacial score (nSPS) is 14.8. The van der Waals surface area contributed by atoms with Gasteiger partial charge in [-0.25, -0.2) is 0 Å². The van der Waals surface area contributed by atoms with Crippen LogP contribution in [-0.2, 0) is 11.3 Å². The molecule has 0 N–H and O–H groups in total. The number of benzene rings is 3. The van der Waals surface area contributed by atoms with Gasteiger partial charge in [-0.15, -0.1) is 0 Å². The molecule has 0 aliphatic carbocycles. The molecular formula is C28H26NOP. The van der Waals surface area contributed by atoms with Crippen molar-refractivity contribution in [3.8, 4) is 17.2 Å². The predicted molar refractivity (Wildman–Crippen MR) is 130 cm³/mol. The molecule has 154 valence electrons. The first-order valence-electron chi connectivity index (χ1n) is 10.5. The molecule has 1 aliphatic rings. The minimum Gasteiger partial charge on any atom is -0.364 e. The molecular weight excluding hydrogens is 397 g/mol. The Kier molecular flexibility index (Phi) is 6.78. The molecule has 2 nitrogen and oxygen atoms in total. The fourth-order valence-corrected chi connectivity index (χ4v) is 4.73. The number of hydrogen-bond donors (Lipinski definition) is 0. The lowest BCUT2D eigenvalue weighted by Gasteiger charge is -2.23. The Bertz CT molecular complexity index is 1170. The van der Waals surface area contributed by atoms with Gasteiger partial charge in [0.05, 0.1) is 18.2 Å². The van der Waals surface area contributed by atoms with Crippen molar-refractivity contribution < 1.29 is 4.74 Å². The molecule has 0 saturated heterocycles. The SMILES string of the molecule is Cc1cccc(-c2cc(C(OCc3ccccc3)C3=CPCC=C3)ccc2C#N)c1C. The van der Waals surface area contributed by atoms with Crippen LogP contribution in [0.15, 0.2) is 90.3 Å². The second-order valence-corrected chi connectivity index (χ2v) is 8.90. The smallest absolute Gasteiger partial charge is 0.108 e. The average Bonchev–Trinajstić information content (AvgIpc) is 2.82. The van der Waals surface area contributed by atoms with Crippen molar-refractivity contribution in [2.75, 3.05) is 6.16 Å². The van der Waals surface area contributed by atoms with Crippen LogP contribution in [0.25, 0.3) is 11.1 Å². The lowest BCUT2D eigenvalue weighted by Crippen LogP contribution is -2.08. The first kappa shape index (κ1) is 21.3. The molecule has 2 unspecified atom stereocenters. The van der Waals surface area contributed by atoms with Gasteiger partial charge in [-0.1, -0.05) is 81.1 Å². The van der Waals surface area contributed by atoms with Gasteiger partial charge in [0, 0.05) is 5.56 Å². The van der Waals surface area contributed by atoms with Gasteiger partial charge in [0.2, 0.25) is 0 Å². The van der Waals surface area contributed by atoms with Crippen LogP contribution in [0.3, 0.4) is 0 Å². The van der Waals surface area contributed by atoms with E-state index in [0.717, 1.165) is 37.0 Å². The summed E-state index contributed by atoms with van der Waals surface area (Å²) < 4.78 is 6.47. The Hall–Kier alpha value is -2.98. The van der Waals surface area contributed by atoms with Gasteiger partial charge in [0.15, 0.2) is 0 Å². The third-order valence-electron chi connectivity index (χ3n) is 5.74. The average molecular weight is 423 g/mol. The van der Waals surface area contributed by atoms with Crippen LogP contribution >= 0.6 is 8.58 Å². The van der Waals surface area contributed by atoms with E-state index < -0.39 is 0 Å². The fourth-order valence-electron chi connectivity index (χ4n) is 3.88. The van der Waals surface area contributed by atoms with E-state index in [0.29, 0.717) is 12.2 Å². The van der Waals surface area contributed by atoms with Gasteiger partial charge in [0.25, 0.3) is 0 Å². The molecule has 31 heavy (non-hydrogen) atoms. The van der Waals surface area contributed by atoms with Crippen molar-refractivity contribution in [3.05, 3.63) is 118 Å². The summed E-state index contributed by atoms with van der Waals surface area (Å²) in [5.74, 6) is 2.30. The molecule has 3 heteroatoms. The van der Waals surface area contributed by atoms with Crippen molar-refractivity contribution in [1.82, 2.24) is 0 Å². The molecule has 1 aliphatic heterocycles. The van der Waals surface area contributed by atoms with E-state index in [9.17, 15) is 5.26 Å². The minimum atomic E-state index is -0.166. The van der Waals surface area contributed by atoms with Crippen LogP contribution in [0.1, 0.15) is 33.9 Å². The third kappa shape index (κ3) is 4.86. The molecule has 2 atom stereocenters. The Labute approximate surface area is 186 Å². The number of hydrogen-bond acceptors (Lipinski definition) is 2. The second-order valence-electron chi connectivity index (χ2n) is 7.80. The maximum atomic E-state index is 9.77. The molecule has 0 radical (unpaired) electrons. The van der Waals surface area contributed by atoms with Gasteiger partial charge < -0.3 is 4.74 Å². The monoisotopic (exact) mass is 423 g/mol. The molecule has 0 spiro atoms. The van der Waals surface area contributed by atoms with Crippen LogP contribution in [0.2, 0.25) is 0 Å². The largest absolute Gasteiger partial charge is 0.364 e. The Balaban J connectivity index is 1.76. The zero-order valence-corrected chi connectivity index (χ0v) is 18.9. The van der Waals surface area contributed by atoms with E-state index in [1.807, 2.05) is 30.3 Å². The number of aryl methyl sites for hydroxylation is 1. The quantitative estimate of drug-likeness (QED) is 0.392. The van der Waals surface area contributed by atoms with Crippen molar-refractivity contribution in [2.45, 2.75) is 26.6 Å². The molecule has 0 fully saturated rings. The highest BCUT2D eigenvalue weighted by Gasteiger charge is 2.20. The Morgan fingerprint density at radius 1 is 1.00 bits per heavy atom. The molecule has 3 aromatic rings. The van der Waals surface area contributed by atoms with Crippen LogP contribution in [0.4, 0.5) is 0 Å². The second kappa shape index (κ2) is 9.88. The first-order valence-corrected chi connectivity index (χ1v) is 11.8. The Morgan fingerprint density at radius 3 is 2.58 bits per heavy atom. The zero-order chi connectivity index (χ0) is 21.6. The summed E-state index contributed by atoms with van der Waals surface area (Å²) >= 11 is 0. The van der Waals surface area contributed by atoms with Crippen molar-refractivity contribution >= 4 is 8.58 Å². The topological polar surface area (TPSA) is 33.0 Å². The van der Waals surface area contributed by atoms with Crippen LogP contribution in [0.5, 0.6) is 0 Å². The van der Waals surface area contributed by atoms with E-state index in [1.54, 1.807) is 0 Å². The lowest BCUT2D eigenvalue weighted by molar-refractivity contribution is 0.0664. The number of nitriles is 1. The van der Waals surface area contributed by atoms with Gasteiger partial charge in [-0.3, -0.25) is 0 Å². The van der Waals surface area contributed by atoms with Gasteiger partial charge in [-0.05, 0) is 65.5 Å². The summed E-state index contributed by atoms with van der Waals surface area (Å²) in [5, 5.41) is 9.77. The highest BCUT2D eigenvalue weighted by Crippen LogP contribution is 2.37. The number of rotatable bonds is 6. The maximum Gasteiger partial charge on any atom is 0.108 e. The van der Waals surface area contributed by atoms with Gasteiger partial charge in [-0.2, -0.15) is 5.26 Å². The minimum absolute atomic E-state index is 0.166. The number of ether oxygens (including phenoxy) is 1. The van der Waals surface area contributed by atoms with Crippen molar-refractivity contribution in [1.29, 1.82) is 5.26 Å².